The van der Waals surface area contributed by atoms with Crippen molar-refractivity contribution in [2.24, 2.45) is 0 Å². The van der Waals surface area contributed by atoms with Crippen molar-refractivity contribution in [1.82, 2.24) is 0 Å². The molecule has 0 unspecified atom stereocenters. The van der Waals surface area contributed by atoms with Crippen molar-refractivity contribution in [2.75, 3.05) is 0 Å². The molecule has 0 saturated carbocycles. The first-order valence-electron chi connectivity index (χ1n) is 6.33. The van der Waals surface area contributed by atoms with Gasteiger partial charge in [-0.25, -0.2) is 4.79 Å². The van der Waals surface area contributed by atoms with E-state index in [1.54, 1.807) is 24.3 Å². The Hall–Kier alpha value is -2.60. The molecule has 2 aromatic carbocycles. The lowest BCUT2D eigenvalue weighted by Gasteiger charge is -2.08. The van der Waals surface area contributed by atoms with E-state index in [0.29, 0.717) is 11.1 Å². The molecule has 0 aliphatic rings. The molecule has 0 aromatic heterocycles. The second-order valence-corrected chi connectivity index (χ2v) is 4.70. The van der Waals surface area contributed by atoms with Crippen LogP contribution in [0.25, 0.3) is 0 Å². The van der Waals surface area contributed by atoms with Gasteiger partial charge in [-0.15, -0.1) is 0 Å². The summed E-state index contributed by atoms with van der Waals surface area (Å²) in [4.78, 5) is 11.9. The normalized spacial score (nSPS) is 9.85. The number of rotatable bonds is 3. The largest absolute Gasteiger partial charge is 0.457 e. The van der Waals surface area contributed by atoms with Crippen LogP contribution in [-0.4, -0.2) is 5.97 Å². The van der Waals surface area contributed by atoms with E-state index in [4.69, 9.17) is 10.00 Å². The van der Waals surface area contributed by atoms with Gasteiger partial charge < -0.3 is 4.74 Å². The lowest BCUT2D eigenvalue weighted by molar-refractivity contribution is 0.0472. The summed E-state index contributed by atoms with van der Waals surface area (Å²) < 4.78 is 5.30. The molecule has 0 N–H and O–H groups in total. The van der Waals surface area contributed by atoms with Crippen LogP contribution in [0.5, 0.6) is 0 Å². The van der Waals surface area contributed by atoms with E-state index in [9.17, 15) is 4.79 Å². The molecular weight excluding hydrogens is 250 g/mol. The van der Waals surface area contributed by atoms with Gasteiger partial charge in [0.05, 0.1) is 17.2 Å². The minimum atomic E-state index is -0.379. The highest BCUT2D eigenvalue weighted by Gasteiger charge is 2.08. The lowest BCUT2D eigenvalue weighted by atomic mass is 10.1. The van der Waals surface area contributed by atoms with Crippen molar-refractivity contribution >= 4 is 5.97 Å². The van der Waals surface area contributed by atoms with Gasteiger partial charge in [-0.2, -0.15) is 5.26 Å². The van der Waals surface area contributed by atoms with E-state index < -0.39 is 0 Å². The first kappa shape index (κ1) is 13.8. The molecule has 0 radical (unpaired) electrons. The molecule has 0 bridgehead atoms. The summed E-state index contributed by atoms with van der Waals surface area (Å²) in [6.07, 6.45) is 0. The van der Waals surface area contributed by atoms with Crippen LogP contribution in [0.3, 0.4) is 0 Å². The minimum Gasteiger partial charge on any atom is -0.457 e. The number of hydrogen-bond donors (Lipinski definition) is 0. The Bertz CT molecular complexity index is 666. The standard InChI is InChI=1S/C17H15NO2/c1-12-3-4-13(2)16(9-12)11-20-17(19)15-7-5-14(10-18)6-8-15/h3-9H,11H2,1-2H3. The van der Waals surface area contributed by atoms with Crippen molar-refractivity contribution < 1.29 is 9.53 Å². The molecule has 2 rings (SSSR count). The molecule has 0 atom stereocenters. The average molecular weight is 265 g/mol. The summed E-state index contributed by atoms with van der Waals surface area (Å²) in [6.45, 7) is 4.25. The van der Waals surface area contributed by atoms with Crippen molar-refractivity contribution in [3.8, 4) is 6.07 Å². The maximum atomic E-state index is 11.9. The SMILES string of the molecule is Cc1ccc(C)c(COC(=O)c2ccc(C#N)cc2)c1. The molecule has 3 nitrogen and oxygen atoms in total. The summed E-state index contributed by atoms with van der Waals surface area (Å²) >= 11 is 0. The first-order valence-corrected chi connectivity index (χ1v) is 6.33. The van der Waals surface area contributed by atoms with Crippen molar-refractivity contribution in [1.29, 1.82) is 5.26 Å². The predicted molar refractivity (Wildman–Crippen MR) is 76.2 cm³/mol. The van der Waals surface area contributed by atoms with Gasteiger partial charge in [0.25, 0.3) is 0 Å². The molecular formula is C17H15NO2. The van der Waals surface area contributed by atoms with Crippen LogP contribution in [0, 0.1) is 25.2 Å². The summed E-state index contributed by atoms with van der Waals surface area (Å²) in [6, 6.07) is 14.5. The third-order valence-electron chi connectivity index (χ3n) is 3.11. The van der Waals surface area contributed by atoms with Crippen molar-refractivity contribution in [2.45, 2.75) is 20.5 Å². The zero-order valence-corrected chi connectivity index (χ0v) is 11.5. The smallest absolute Gasteiger partial charge is 0.338 e. The van der Waals surface area contributed by atoms with Crippen LogP contribution in [0.1, 0.15) is 32.6 Å². The zero-order valence-electron chi connectivity index (χ0n) is 11.5. The maximum Gasteiger partial charge on any atom is 0.338 e. The van der Waals surface area contributed by atoms with Crippen LogP contribution in [0.2, 0.25) is 0 Å². The van der Waals surface area contributed by atoms with Crippen LogP contribution in [0.15, 0.2) is 42.5 Å². The predicted octanol–water partition coefficient (Wildman–Crippen LogP) is 3.53. The number of nitriles is 1. The fraction of sp³-hybridized carbons (Fsp3) is 0.176. The van der Waals surface area contributed by atoms with Gasteiger partial charge in [-0.3, -0.25) is 0 Å². The third kappa shape index (κ3) is 3.24. The number of benzene rings is 2. The number of nitrogens with zero attached hydrogens (tertiary/aromatic N) is 1. The van der Waals surface area contributed by atoms with Gasteiger partial charge in [-0.05, 0) is 49.2 Å². The summed E-state index contributed by atoms with van der Waals surface area (Å²) in [7, 11) is 0. The Morgan fingerprint density at radius 2 is 1.85 bits per heavy atom. The Kier molecular flexibility index (Phi) is 4.17. The minimum absolute atomic E-state index is 0.256. The molecule has 100 valence electrons. The zero-order chi connectivity index (χ0) is 14.5. The highest BCUT2D eigenvalue weighted by atomic mass is 16.5. The summed E-state index contributed by atoms with van der Waals surface area (Å²) in [5.74, 6) is -0.379. The van der Waals surface area contributed by atoms with Crippen molar-refractivity contribution in [3.63, 3.8) is 0 Å². The Labute approximate surface area is 118 Å². The van der Waals surface area contributed by atoms with Crippen molar-refractivity contribution in [3.05, 3.63) is 70.3 Å². The van der Waals surface area contributed by atoms with E-state index in [0.717, 1.165) is 16.7 Å². The highest BCUT2D eigenvalue weighted by Crippen LogP contribution is 2.13. The van der Waals surface area contributed by atoms with E-state index in [-0.39, 0.29) is 12.6 Å². The topological polar surface area (TPSA) is 50.1 Å². The summed E-state index contributed by atoms with van der Waals surface area (Å²) in [5, 5.41) is 8.71. The Morgan fingerprint density at radius 3 is 2.50 bits per heavy atom. The molecule has 0 spiro atoms. The molecule has 3 heteroatoms. The van der Waals surface area contributed by atoms with Crippen LogP contribution < -0.4 is 0 Å². The van der Waals surface area contributed by atoms with Gasteiger partial charge in [0, 0.05) is 0 Å². The van der Waals surface area contributed by atoms with Gasteiger partial charge in [0.1, 0.15) is 6.61 Å². The second-order valence-electron chi connectivity index (χ2n) is 4.70. The molecule has 2 aromatic rings. The fourth-order valence-electron chi connectivity index (χ4n) is 1.86. The maximum absolute atomic E-state index is 11.9. The Morgan fingerprint density at radius 1 is 1.15 bits per heavy atom. The first-order chi connectivity index (χ1) is 9.60. The van der Waals surface area contributed by atoms with E-state index in [2.05, 4.69) is 0 Å². The summed E-state index contributed by atoms with van der Waals surface area (Å²) in [5.41, 5.74) is 4.22. The molecule has 20 heavy (non-hydrogen) atoms. The third-order valence-corrected chi connectivity index (χ3v) is 3.11. The van der Waals surface area contributed by atoms with Gasteiger partial charge >= 0.3 is 5.97 Å². The number of carbonyl (C=O) groups is 1. The van der Waals surface area contributed by atoms with Crippen LogP contribution >= 0.6 is 0 Å². The molecule has 0 heterocycles. The van der Waals surface area contributed by atoms with Crippen LogP contribution in [0.4, 0.5) is 0 Å². The van der Waals surface area contributed by atoms with E-state index in [1.807, 2.05) is 38.1 Å². The Balaban J connectivity index is 2.04. The van der Waals surface area contributed by atoms with Crippen LogP contribution in [-0.2, 0) is 11.3 Å². The number of hydrogen-bond acceptors (Lipinski definition) is 3. The van der Waals surface area contributed by atoms with Gasteiger partial charge in [0.2, 0.25) is 0 Å². The monoisotopic (exact) mass is 265 g/mol. The van der Waals surface area contributed by atoms with Gasteiger partial charge in [0.15, 0.2) is 0 Å². The number of aryl methyl sites for hydroxylation is 2. The number of carbonyl (C=O) groups excluding carboxylic acids is 1. The molecule has 0 amide bonds. The molecule has 0 aliphatic carbocycles. The molecule has 0 fully saturated rings. The fourth-order valence-corrected chi connectivity index (χ4v) is 1.86. The quantitative estimate of drug-likeness (QED) is 0.798. The molecule has 0 saturated heterocycles. The molecule has 0 aliphatic heterocycles. The lowest BCUT2D eigenvalue weighted by Crippen LogP contribution is -2.06. The number of esters is 1. The second kappa shape index (κ2) is 6.03. The van der Waals surface area contributed by atoms with E-state index in [1.165, 1.54) is 0 Å². The van der Waals surface area contributed by atoms with E-state index >= 15 is 0 Å². The van der Waals surface area contributed by atoms with Gasteiger partial charge in [-0.1, -0.05) is 23.8 Å². The average Bonchev–Trinajstić information content (AvgIpc) is 2.48. The highest BCUT2D eigenvalue weighted by molar-refractivity contribution is 5.89. The number of ether oxygens (including phenoxy) is 1.